The summed E-state index contributed by atoms with van der Waals surface area (Å²) in [5, 5.41) is 4.83. The number of urea groups is 1. The summed E-state index contributed by atoms with van der Waals surface area (Å²) in [7, 11) is 0. The Labute approximate surface area is 231 Å². The van der Waals surface area contributed by atoms with E-state index in [2.05, 4.69) is 16.1 Å². The predicted octanol–water partition coefficient (Wildman–Crippen LogP) is 5.92. The largest absolute Gasteiger partial charge is 0.457 e. The second-order valence-corrected chi connectivity index (χ2v) is 9.57. The fourth-order valence-corrected chi connectivity index (χ4v) is 4.99. The van der Waals surface area contributed by atoms with Gasteiger partial charge in [0.15, 0.2) is 11.4 Å². The van der Waals surface area contributed by atoms with E-state index in [0.29, 0.717) is 34.3 Å². The van der Waals surface area contributed by atoms with E-state index in [-0.39, 0.29) is 0 Å². The van der Waals surface area contributed by atoms with Gasteiger partial charge in [-0.15, -0.1) is 0 Å². The standard InChI is InChI=1S/C31H29N5O4/c32-30-28-27(14-11-22(29(28)40-34-30)20-35-15-17-38-18-16-35)21-9-12-23(13-10-21)36(31(33)37)24-5-4-8-26(19-24)39-25-6-2-1-3-7-25/h1-14,19H,15-18,20H2,(H2,32,34)(H2,33,37). The molecule has 1 aromatic heterocycles. The average Bonchev–Trinajstić information content (AvgIpc) is 3.37. The molecule has 1 aliphatic heterocycles. The second-order valence-electron chi connectivity index (χ2n) is 9.57. The number of anilines is 3. The molecular formula is C31H29N5O4. The lowest BCUT2D eigenvalue weighted by Crippen LogP contribution is -2.35. The van der Waals surface area contributed by atoms with Gasteiger partial charge in [-0.2, -0.15) is 0 Å². The van der Waals surface area contributed by atoms with Crippen LogP contribution in [0.25, 0.3) is 22.1 Å². The van der Waals surface area contributed by atoms with Crippen molar-refractivity contribution in [3.8, 4) is 22.6 Å². The molecular weight excluding hydrogens is 506 g/mol. The molecule has 1 aliphatic rings. The van der Waals surface area contributed by atoms with E-state index in [4.69, 9.17) is 25.5 Å². The van der Waals surface area contributed by atoms with Crippen molar-refractivity contribution in [3.05, 3.63) is 96.6 Å². The number of amides is 2. The van der Waals surface area contributed by atoms with E-state index in [1.165, 1.54) is 4.90 Å². The van der Waals surface area contributed by atoms with Gasteiger partial charge in [-0.05, 0) is 47.5 Å². The summed E-state index contributed by atoms with van der Waals surface area (Å²) in [6.45, 7) is 3.91. The zero-order valence-electron chi connectivity index (χ0n) is 21.8. The van der Waals surface area contributed by atoms with Crippen LogP contribution < -0.4 is 21.1 Å². The lowest BCUT2D eigenvalue weighted by molar-refractivity contribution is 0.0342. The number of fused-ring (bicyclic) bond motifs is 1. The molecule has 1 fully saturated rings. The van der Waals surface area contributed by atoms with Crippen molar-refractivity contribution in [2.75, 3.05) is 36.9 Å². The highest BCUT2D eigenvalue weighted by atomic mass is 16.5. The van der Waals surface area contributed by atoms with Gasteiger partial charge in [0.25, 0.3) is 0 Å². The zero-order valence-corrected chi connectivity index (χ0v) is 21.8. The molecule has 0 bridgehead atoms. The van der Waals surface area contributed by atoms with Crippen LogP contribution in [0.2, 0.25) is 0 Å². The van der Waals surface area contributed by atoms with E-state index in [1.807, 2.05) is 78.9 Å². The first-order valence-electron chi connectivity index (χ1n) is 13.1. The van der Waals surface area contributed by atoms with Gasteiger partial charge in [0.05, 0.1) is 30.0 Å². The summed E-state index contributed by atoms with van der Waals surface area (Å²) in [6, 6.07) is 27.7. The van der Waals surface area contributed by atoms with Crippen molar-refractivity contribution in [1.82, 2.24) is 10.1 Å². The van der Waals surface area contributed by atoms with Crippen LogP contribution >= 0.6 is 0 Å². The van der Waals surface area contributed by atoms with E-state index in [0.717, 1.165) is 54.9 Å². The Morgan fingerprint density at radius 2 is 1.65 bits per heavy atom. The summed E-state index contributed by atoms with van der Waals surface area (Å²) < 4.78 is 17.1. The molecule has 6 rings (SSSR count). The molecule has 9 heteroatoms. The topological polar surface area (TPSA) is 120 Å². The van der Waals surface area contributed by atoms with Gasteiger partial charge in [0.2, 0.25) is 0 Å². The van der Waals surface area contributed by atoms with Crippen LogP contribution in [0.4, 0.5) is 22.0 Å². The number of rotatable bonds is 7. The van der Waals surface area contributed by atoms with E-state index in [9.17, 15) is 4.79 Å². The predicted molar refractivity (Wildman–Crippen MR) is 155 cm³/mol. The third kappa shape index (κ3) is 5.20. The molecule has 0 radical (unpaired) electrons. The summed E-state index contributed by atoms with van der Waals surface area (Å²) in [6.07, 6.45) is 0. The lowest BCUT2D eigenvalue weighted by atomic mass is 9.98. The highest BCUT2D eigenvalue weighted by Crippen LogP contribution is 2.37. The maximum absolute atomic E-state index is 12.6. The fourth-order valence-electron chi connectivity index (χ4n) is 4.99. The number of nitrogens with zero attached hydrogens (tertiary/aromatic N) is 3. The molecule has 0 saturated carbocycles. The average molecular weight is 536 g/mol. The quantitative estimate of drug-likeness (QED) is 0.265. The zero-order chi connectivity index (χ0) is 27.5. The molecule has 1 saturated heterocycles. The van der Waals surface area contributed by atoms with Crippen molar-refractivity contribution >= 4 is 34.2 Å². The van der Waals surface area contributed by atoms with Crippen molar-refractivity contribution < 1.29 is 18.8 Å². The summed E-state index contributed by atoms with van der Waals surface area (Å²) in [5.41, 5.74) is 16.8. The fraction of sp³-hybridized carbons (Fsp3) is 0.161. The van der Waals surface area contributed by atoms with Crippen LogP contribution in [-0.4, -0.2) is 42.4 Å². The molecule has 2 amide bonds. The van der Waals surface area contributed by atoms with Crippen molar-refractivity contribution in [2.45, 2.75) is 6.54 Å². The van der Waals surface area contributed by atoms with Gasteiger partial charge in [0.1, 0.15) is 11.5 Å². The Kier molecular flexibility index (Phi) is 7.05. The molecule has 202 valence electrons. The maximum Gasteiger partial charge on any atom is 0.323 e. The van der Waals surface area contributed by atoms with Crippen LogP contribution in [0, 0.1) is 0 Å². The number of nitrogen functional groups attached to an aromatic ring is 1. The molecule has 0 aliphatic carbocycles. The number of carbonyl (C=O) groups is 1. The number of primary amides is 1. The Morgan fingerprint density at radius 1 is 0.900 bits per heavy atom. The second kappa shape index (κ2) is 11.1. The molecule has 40 heavy (non-hydrogen) atoms. The first kappa shape index (κ1) is 25.4. The minimum atomic E-state index is -0.609. The molecule has 0 spiro atoms. The van der Waals surface area contributed by atoms with Crippen LogP contribution in [0.1, 0.15) is 5.56 Å². The lowest BCUT2D eigenvalue weighted by Gasteiger charge is -2.26. The number of ether oxygens (including phenoxy) is 2. The third-order valence-corrected chi connectivity index (χ3v) is 6.94. The molecule has 0 unspecified atom stereocenters. The number of hydrogen-bond acceptors (Lipinski definition) is 7. The molecule has 4 N–H and O–H groups in total. The van der Waals surface area contributed by atoms with Crippen LogP contribution in [0.5, 0.6) is 11.5 Å². The summed E-state index contributed by atoms with van der Waals surface area (Å²) >= 11 is 0. The van der Waals surface area contributed by atoms with Gasteiger partial charge in [-0.3, -0.25) is 9.80 Å². The smallest absolute Gasteiger partial charge is 0.323 e. The first-order chi connectivity index (χ1) is 19.6. The van der Waals surface area contributed by atoms with E-state index >= 15 is 0 Å². The van der Waals surface area contributed by atoms with Gasteiger partial charge in [-0.1, -0.05) is 53.7 Å². The number of carbonyl (C=O) groups excluding carboxylic acids is 1. The van der Waals surface area contributed by atoms with Crippen molar-refractivity contribution in [2.24, 2.45) is 5.73 Å². The number of hydrogen-bond donors (Lipinski definition) is 2. The highest BCUT2D eigenvalue weighted by Gasteiger charge is 2.20. The molecule has 2 heterocycles. The van der Waals surface area contributed by atoms with Crippen LogP contribution in [0.3, 0.4) is 0 Å². The number of morpholine rings is 1. The first-order valence-corrected chi connectivity index (χ1v) is 13.1. The summed E-state index contributed by atoms with van der Waals surface area (Å²) in [4.78, 5) is 16.3. The monoisotopic (exact) mass is 535 g/mol. The minimum Gasteiger partial charge on any atom is -0.457 e. The van der Waals surface area contributed by atoms with Crippen molar-refractivity contribution in [1.29, 1.82) is 0 Å². The van der Waals surface area contributed by atoms with Gasteiger partial charge >= 0.3 is 6.03 Å². The number of benzene rings is 4. The molecule has 5 aromatic rings. The molecule has 4 aromatic carbocycles. The number of nitrogens with two attached hydrogens (primary N) is 2. The minimum absolute atomic E-state index is 0.340. The van der Waals surface area contributed by atoms with E-state index in [1.54, 1.807) is 6.07 Å². The third-order valence-electron chi connectivity index (χ3n) is 6.94. The van der Waals surface area contributed by atoms with Crippen LogP contribution in [-0.2, 0) is 11.3 Å². The van der Waals surface area contributed by atoms with Gasteiger partial charge in [-0.25, -0.2) is 4.79 Å². The van der Waals surface area contributed by atoms with Gasteiger partial charge < -0.3 is 25.5 Å². The normalized spacial score (nSPS) is 13.8. The number of para-hydroxylation sites is 1. The molecule has 9 nitrogen and oxygen atoms in total. The molecule has 0 atom stereocenters. The number of aromatic nitrogens is 1. The van der Waals surface area contributed by atoms with Gasteiger partial charge in [0, 0.05) is 31.3 Å². The van der Waals surface area contributed by atoms with E-state index < -0.39 is 6.03 Å². The maximum atomic E-state index is 12.6. The Balaban J connectivity index is 1.29. The Morgan fingerprint density at radius 3 is 2.40 bits per heavy atom. The highest BCUT2D eigenvalue weighted by molar-refractivity contribution is 6.03. The Bertz CT molecular complexity index is 1630. The Hall–Kier alpha value is -4.86. The summed E-state index contributed by atoms with van der Waals surface area (Å²) in [5.74, 6) is 1.63. The SMILES string of the molecule is NC(=O)N(c1ccc(-c2ccc(CN3CCOCC3)c3onc(N)c23)cc1)c1cccc(Oc2ccccc2)c1. The van der Waals surface area contributed by atoms with Crippen molar-refractivity contribution in [3.63, 3.8) is 0 Å². The van der Waals surface area contributed by atoms with Crippen LogP contribution in [0.15, 0.2) is 95.5 Å².